The highest BCUT2D eigenvalue weighted by atomic mass is 32.2. The first-order valence-corrected chi connectivity index (χ1v) is 7.72. The summed E-state index contributed by atoms with van der Waals surface area (Å²) >= 11 is 1.92. The summed E-state index contributed by atoms with van der Waals surface area (Å²) in [6, 6.07) is 19.3. The van der Waals surface area contributed by atoms with Gasteiger partial charge in [-0.1, -0.05) is 42.5 Å². The van der Waals surface area contributed by atoms with Gasteiger partial charge in [0, 0.05) is 4.75 Å². The van der Waals surface area contributed by atoms with E-state index in [9.17, 15) is 0 Å². The molecule has 1 atom stereocenters. The predicted octanol–water partition coefficient (Wildman–Crippen LogP) is 5.36. The molecule has 2 heteroatoms. The van der Waals surface area contributed by atoms with E-state index in [-0.39, 0.29) is 4.75 Å². The lowest BCUT2D eigenvalue weighted by atomic mass is 9.95. The molecular formula is C18H19NS. The van der Waals surface area contributed by atoms with Crippen LogP contribution in [-0.4, -0.2) is 4.75 Å². The van der Waals surface area contributed by atoms with Gasteiger partial charge in [0.25, 0.3) is 0 Å². The van der Waals surface area contributed by atoms with Gasteiger partial charge in [-0.05, 0) is 55.5 Å². The van der Waals surface area contributed by atoms with Crippen molar-refractivity contribution < 1.29 is 0 Å². The number of benzene rings is 2. The molecule has 2 aromatic carbocycles. The Labute approximate surface area is 125 Å². The van der Waals surface area contributed by atoms with Crippen LogP contribution in [0.2, 0.25) is 0 Å². The smallest absolute Gasteiger partial charge is 0.0557 e. The summed E-state index contributed by atoms with van der Waals surface area (Å²) in [6.07, 6.45) is 4.13. The average Bonchev–Trinajstić information content (AvgIpc) is 2.47. The van der Waals surface area contributed by atoms with Crippen LogP contribution >= 0.6 is 11.9 Å². The second-order valence-electron chi connectivity index (χ2n) is 5.47. The Kier molecular flexibility index (Phi) is 3.58. The van der Waals surface area contributed by atoms with Crippen LogP contribution in [0.5, 0.6) is 0 Å². The van der Waals surface area contributed by atoms with E-state index in [1.54, 1.807) is 0 Å². The average molecular weight is 281 g/mol. The van der Waals surface area contributed by atoms with Crippen LogP contribution in [0.25, 0.3) is 0 Å². The van der Waals surface area contributed by atoms with Crippen LogP contribution in [0.1, 0.15) is 18.9 Å². The molecule has 0 fully saturated rings. The minimum Gasteiger partial charge on any atom is -0.284 e. The first kappa shape index (κ1) is 13.3. The summed E-state index contributed by atoms with van der Waals surface area (Å²) in [5.41, 5.74) is 3.96. The Balaban J connectivity index is 2.06. The van der Waals surface area contributed by atoms with Crippen molar-refractivity contribution in [1.82, 2.24) is 0 Å². The third kappa shape index (κ3) is 2.48. The highest BCUT2D eigenvalue weighted by molar-refractivity contribution is 8.02. The quantitative estimate of drug-likeness (QED) is 0.550. The van der Waals surface area contributed by atoms with Crippen molar-refractivity contribution in [2.24, 2.45) is 0 Å². The zero-order valence-electron chi connectivity index (χ0n) is 11.8. The fourth-order valence-electron chi connectivity index (χ4n) is 2.73. The Bertz CT molecular complexity index is 608. The topological polar surface area (TPSA) is 3.24 Å². The van der Waals surface area contributed by atoms with Crippen molar-refractivity contribution in [3.8, 4) is 0 Å². The monoisotopic (exact) mass is 281 g/mol. The Hall–Kier alpha value is -1.67. The Morgan fingerprint density at radius 1 is 1.15 bits per heavy atom. The molecular weight excluding hydrogens is 262 g/mol. The van der Waals surface area contributed by atoms with Crippen molar-refractivity contribution in [3.05, 3.63) is 72.8 Å². The lowest BCUT2D eigenvalue weighted by molar-refractivity contribution is 0.643. The number of fused-ring (bicyclic) bond motifs is 1. The zero-order valence-corrected chi connectivity index (χ0v) is 12.6. The molecule has 0 aromatic heterocycles. The molecule has 1 aliphatic rings. The first-order chi connectivity index (χ1) is 9.72. The van der Waals surface area contributed by atoms with Crippen LogP contribution in [0, 0.1) is 0 Å². The molecule has 0 N–H and O–H groups in total. The van der Waals surface area contributed by atoms with Crippen molar-refractivity contribution in [3.63, 3.8) is 0 Å². The largest absolute Gasteiger partial charge is 0.284 e. The van der Waals surface area contributed by atoms with Crippen molar-refractivity contribution in [2.75, 3.05) is 4.31 Å². The normalized spacial score (nSPS) is 21.4. The molecule has 0 bridgehead atoms. The molecule has 0 amide bonds. The minimum absolute atomic E-state index is 0.173. The van der Waals surface area contributed by atoms with Crippen LogP contribution < -0.4 is 4.31 Å². The number of hydrogen-bond donors (Lipinski definition) is 0. The van der Waals surface area contributed by atoms with E-state index in [1.807, 2.05) is 18.0 Å². The van der Waals surface area contributed by atoms with Gasteiger partial charge < -0.3 is 0 Å². The molecule has 2 aromatic rings. The summed E-state index contributed by atoms with van der Waals surface area (Å²) in [4.78, 5) is 0. The predicted molar refractivity (Wildman–Crippen MR) is 89.5 cm³/mol. The van der Waals surface area contributed by atoms with Gasteiger partial charge in [0.1, 0.15) is 0 Å². The van der Waals surface area contributed by atoms with E-state index in [1.165, 1.54) is 16.9 Å². The molecule has 1 aliphatic heterocycles. The molecule has 0 aliphatic carbocycles. The summed E-state index contributed by atoms with van der Waals surface area (Å²) in [6.45, 7) is 6.25. The number of anilines is 2. The van der Waals surface area contributed by atoms with Crippen LogP contribution in [0.15, 0.2) is 67.3 Å². The van der Waals surface area contributed by atoms with Crippen molar-refractivity contribution in [1.29, 1.82) is 0 Å². The van der Waals surface area contributed by atoms with Gasteiger partial charge in [-0.15, -0.1) is 6.58 Å². The van der Waals surface area contributed by atoms with Crippen LogP contribution in [0.4, 0.5) is 11.4 Å². The fraction of sp³-hybridized carbons (Fsp3) is 0.222. The molecule has 20 heavy (non-hydrogen) atoms. The van der Waals surface area contributed by atoms with Gasteiger partial charge in [-0.25, -0.2) is 0 Å². The van der Waals surface area contributed by atoms with Gasteiger partial charge in [0.15, 0.2) is 0 Å². The van der Waals surface area contributed by atoms with Gasteiger partial charge in [-0.3, -0.25) is 4.31 Å². The lowest BCUT2D eigenvalue weighted by Gasteiger charge is -2.41. The molecule has 1 heterocycles. The molecule has 3 rings (SSSR count). The van der Waals surface area contributed by atoms with Crippen LogP contribution in [-0.2, 0) is 6.42 Å². The molecule has 0 unspecified atom stereocenters. The highest BCUT2D eigenvalue weighted by Crippen LogP contribution is 2.48. The van der Waals surface area contributed by atoms with E-state index in [0.29, 0.717) is 0 Å². The minimum atomic E-state index is 0.173. The molecule has 0 saturated carbocycles. The summed E-state index contributed by atoms with van der Waals surface area (Å²) in [5, 5.41) is 0. The van der Waals surface area contributed by atoms with E-state index in [4.69, 9.17) is 0 Å². The number of para-hydroxylation sites is 2. The van der Waals surface area contributed by atoms with Crippen molar-refractivity contribution in [2.45, 2.75) is 24.5 Å². The van der Waals surface area contributed by atoms with E-state index in [2.05, 4.69) is 72.4 Å². The van der Waals surface area contributed by atoms with Gasteiger partial charge in [0.2, 0.25) is 0 Å². The van der Waals surface area contributed by atoms with Crippen molar-refractivity contribution >= 4 is 23.3 Å². The second kappa shape index (κ2) is 5.37. The highest BCUT2D eigenvalue weighted by Gasteiger charge is 2.34. The Morgan fingerprint density at radius 3 is 2.60 bits per heavy atom. The maximum Gasteiger partial charge on any atom is 0.0557 e. The van der Waals surface area contributed by atoms with E-state index in [0.717, 1.165) is 12.8 Å². The van der Waals surface area contributed by atoms with E-state index < -0.39 is 0 Å². The third-order valence-electron chi connectivity index (χ3n) is 3.65. The maximum absolute atomic E-state index is 3.92. The third-order valence-corrected chi connectivity index (χ3v) is 5.00. The first-order valence-electron chi connectivity index (χ1n) is 6.95. The number of hydrogen-bond acceptors (Lipinski definition) is 2. The summed E-state index contributed by atoms with van der Waals surface area (Å²) < 4.78 is 2.54. The molecule has 1 nitrogen and oxygen atoms in total. The Morgan fingerprint density at radius 2 is 1.85 bits per heavy atom. The standard InChI is InChI=1S/C18H19NS/c1-3-13-18(2)14-15-9-7-8-12-17(15)19(20-18)16-10-5-4-6-11-16/h3-12H,1,13-14H2,2H3/t18-/m1/s1. The van der Waals surface area contributed by atoms with Gasteiger partial charge in [-0.2, -0.15) is 0 Å². The SMILES string of the molecule is C=CC[C@]1(C)Cc2ccccc2N(c2ccccc2)S1. The lowest BCUT2D eigenvalue weighted by Crippen LogP contribution is -2.33. The fourth-order valence-corrected chi connectivity index (χ4v) is 4.09. The number of nitrogens with zero attached hydrogens (tertiary/aromatic N) is 1. The van der Waals surface area contributed by atoms with Gasteiger partial charge in [0.05, 0.1) is 11.4 Å². The molecule has 0 spiro atoms. The number of rotatable bonds is 3. The second-order valence-corrected chi connectivity index (χ2v) is 7.00. The summed E-state index contributed by atoms with van der Waals surface area (Å²) in [7, 11) is 0. The number of allylic oxidation sites excluding steroid dienone is 1. The maximum atomic E-state index is 3.92. The van der Waals surface area contributed by atoms with Gasteiger partial charge >= 0.3 is 0 Å². The molecule has 0 saturated heterocycles. The molecule has 0 radical (unpaired) electrons. The van der Waals surface area contributed by atoms with E-state index >= 15 is 0 Å². The molecule has 102 valence electrons. The zero-order chi connectivity index (χ0) is 14.0. The summed E-state index contributed by atoms with van der Waals surface area (Å²) in [5.74, 6) is 0. The van der Waals surface area contributed by atoms with Crippen LogP contribution in [0.3, 0.4) is 0 Å².